The Balaban J connectivity index is 2.04. The molecule has 1 unspecified atom stereocenters. The molecular formula is C26H25Cl2N3O. The summed E-state index contributed by atoms with van der Waals surface area (Å²) >= 11 is 12.7. The number of rotatable bonds is 2. The Bertz CT molecular complexity index is 1250. The van der Waals surface area contributed by atoms with Gasteiger partial charge in [-0.2, -0.15) is 5.26 Å². The Kier molecular flexibility index (Phi) is 5.61. The summed E-state index contributed by atoms with van der Waals surface area (Å²) in [7, 11) is 0. The fourth-order valence-electron chi connectivity index (χ4n) is 4.91. The van der Waals surface area contributed by atoms with Gasteiger partial charge in [0.2, 0.25) is 0 Å². The Morgan fingerprint density at radius 3 is 2.47 bits per heavy atom. The van der Waals surface area contributed by atoms with Gasteiger partial charge in [-0.25, -0.2) is 0 Å². The number of nitriles is 1. The van der Waals surface area contributed by atoms with Gasteiger partial charge in [-0.1, -0.05) is 60.8 Å². The summed E-state index contributed by atoms with van der Waals surface area (Å²) in [5.74, 6) is -0.163. The minimum atomic E-state index is -0.499. The average molecular weight is 466 g/mol. The highest BCUT2D eigenvalue weighted by molar-refractivity contribution is 6.36. The van der Waals surface area contributed by atoms with E-state index in [1.54, 1.807) is 23.1 Å². The van der Waals surface area contributed by atoms with Gasteiger partial charge < -0.3 is 5.73 Å². The SMILES string of the molecule is Cc1ccc(C2C(C#N)=C(N)N(c3ccc(Cl)cc3Cl)C3=C2C(=O)CC(C)(C)C3)c(C)c1. The molecule has 0 saturated carbocycles. The molecule has 0 aromatic heterocycles. The molecule has 6 heteroatoms. The van der Waals surface area contributed by atoms with Crippen molar-refractivity contribution in [1.82, 2.24) is 0 Å². The second kappa shape index (κ2) is 7.99. The van der Waals surface area contributed by atoms with Crippen LogP contribution in [0.2, 0.25) is 10.0 Å². The lowest BCUT2D eigenvalue weighted by molar-refractivity contribution is -0.118. The molecule has 0 spiro atoms. The van der Waals surface area contributed by atoms with Crippen molar-refractivity contribution in [1.29, 1.82) is 5.26 Å². The van der Waals surface area contributed by atoms with Crippen molar-refractivity contribution in [2.24, 2.45) is 11.1 Å². The monoisotopic (exact) mass is 465 g/mol. The van der Waals surface area contributed by atoms with Crippen LogP contribution in [0.1, 0.15) is 49.3 Å². The molecule has 2 aromatic carbocycles. The molecule has 1 aliphatic heterocycles. The quantitative estimate of drug-likeness (QED) is 0.545. The number of aryl methyl sites for hydroxylation is 2. The number of ketones is 1. The van der Waals surface area contributed by atoms with Gasteiger partial charge in [-0.3, -0.25) is 9.69 Å². The summed E-state index contributed by atoms with van der Waals surface area (Å²) in [6.45, 7) is 8.17. The van der Waals surface area contributed by atoms with Crippen molar-refractivity contribution in [2.75, 3.05) is 4.90 Å². The molecule has 164 valence electrons. The fraction of sp³-hybridized carbons (Fsp3) is 0.308. The highest BCUT2D eigenvalue weighted by Crippen LogP contribution is 2.51. The third-order valence-electron chi connectivity index (χ3n) is 6.27. The van der Waals surface area contributed by atoms with Gasteiger partial charge in [0, 0.05) is 22.7 Å². The van der Waals surface area contributed by atoms with Crippen LogP contribution in [0, 0.1) is 30.6 Å². The molecule has 1 heterocycles. The molecule has 4 rings (SSSR count). The first kappa shape index (κ1) is 22.5. The average Bonchev–Trinajstić information content (AvgIpc) is 2.68. The summed E-state index contributed by atoms with van der Waals surface area (Å²) in [4.78, 5) is 15.4. The van der Waals surface area contributed by atoms with Gasteiger partial charge in [0.1, 0.15) is 5.82 Å². The summed E-state index contributed by atoms with van der Waals surface area (Å²) in [6, 6.07) is 13.5. The number of halogens is 2. The summed E-state index contributed by atoms with van der Waals surface area (Å²) in [6.07, 6.45) is 1.04. The summed E-state index contributed by atoms with van der Waals surface area (Å²) in [5.41, 5.74) is 11.9. The van der Waals surface area contributed by atoms with Crippen molar-refractivity contribution in [2.45, 2.75) is 46.5 Å². The molecular weight excluding hydrogens is 441 g/mol. The van der Waals surface area contributed by atoms with Gasteiger partial charge in [0.25, 0.3) is 0 Å². The zero-order valence-electron chi connectivity index (χ0n) is 18.6. The number of nitrogens with zero attached hydrogens (tertiary/aromatic N) is 2. The molecule has 0 saturated heterocycles. The zero-order chi connectivity index (χ0) is 23.4. The normalized spacial score (nSPS) is 20.3. The van der Waals surface area contributed by atoms with Crippen LogP contribution in [-0.4, -0.2) is 5.78 Å². The highest BCUT2D eigenvalue weighted by Gasteiger charge is 2.45. The first-order chi connectivity index (χ1) is 15.0. The predicted octanol–water partition coefficient (Wildman–Crippen LogP) is 6.55. The third-order valence-corrected chi connectivity index (χ3v) is 6.81. The lowest BCUT2D eigenvalue weighted by atomic mass is 9.68. The topological polar surface area (TPSA) is 70.1 Å². The summed E-state index contributed by atoms with van der Waals surface area (Å²) < 4.78 is 0. The number of hydrogen-bond acceptors (Lipinski definition) is 4. The standard InChI is InChI=1S/C26H25Cl2N3O/c1-14-5-7-17(15(2)9-14)23-18(13-29)25(30)31(20-8-6-16(27)10-19(20)28)21-11-26(3,4)12-22(32)24(21)23/h5-10,23H,11-12,30H2,1-4H3. The maximum Gasteiger partial charge on any atom is 0.162 e. The molecule has 1 aliphatic carbocycles. The molecule has 2 aliphatic rings. The maximum atomic E-state index is 13.6. The van der Waals surface area contributed by atoms with Crippen molar-refractivity contribution < 1.29 is 4.79 Å². The third kappa shape index (κ3) is 3.70. The van der Waals surface area contributed by atoms with Gasteiger partial charge in [0.15, 0.2) is 5.78 Å². The number of nitrogens with two attached hydrogens (primary N) is 1. The van der Waals surface area contributed by atoms with Crippen LogP contribution in [-0.2, 0) is 4.79 Å². The van der Waals surface area contributed by atoms with E-state index in [1.165, 1.54) is 0 Å². The van der Waals surface area contributed by atoms with Crippen molar-refractivity contribution in [3.63, 3.8) is 0 Å². The highest BCUT2D eigenvalue weighted by atomic mass is 35.5. The van der Waals surface area contributed by atoms with Crippen molar-refractivity contribution >= 4 is 34.7 Å². The Morgan fingerprint density at radius 1 is 1.12 bits per heavy atom. The second-order valence-electron chi connectivity index (χ2n) is 9.44. The van der Waals surface area contributed by atoms with Crippen LogP contribution in [0.25, 0.3) is 0 Å². The molecule has 1 atom stereocenters. The number of benzene rings is 2. The first-order valence-corrected chi connectivity index (χ1v) is 11.3. The predicted molar refractivity (Wildman–Crippen MR) is 129 cm³/mol. The smallest absolute Gasteiger partial charge is 0.162 e. The van der Waals surface area contributed by atoms with E-state index in [9.17, 15) is 10.1 Å². The number of hydrogen-bond donors (Lipinski definition) is 1. The van der Waals surface area contributed by atoms with Crippen LogP contribution in [0.15, 0.2) is 59.1 Å². The van der Waals surface area contributed by atoms with Gasteiger partial charge in [-0.15, -0.1) is 0 Å². The van der Waals surface area contributed by atoms with Crippen molar-refractivity contribution in [3.8, 4) is 6.07 Å². The minimum Gasteiger partial charge on any atom is -0.384 e. The van der Waals surface area contributed by atoms with E-state index in [0.29, 0.717) is 45.5 Å². The largest absolute Gasteiger partial charge is 0.384 e. The number of carbonyl (C=O) groups is 1. The molecule has 4 nitrogen and oxygen atoms in total. The number of carbonyl (C=O) groups excluding carboxylic acids is 1. The van der Waals surface area contributed by atoms with Crippen LogP contribution >= 0.6 is 23.2 Å². The van der Waals surface area contributed by atoms with E-state index in [2.05, 4.69) is 26.0 Å². The van der Waals surface area contributed by atoms with Gasteiger partial charge in [0.05, 0.1) is 28.3 Å². The van der Waals surface area contributed by atoms with E-state index in [1.807, 2.05) is 26.0 Å². The lowest BCUT2D eigenvalue weighted by Gasteiger charge is -2.44. The van der Waals surface area contributed by atoms with Gasteiger partial charge in [-0.05, 0) is 55.0 Å². The van der Waals surface area contributed by atoms with E-state index in [-0.39, 0.29) is 11.2 Å². The molecule has 32 heavy (non-hydrogen) atoms. The minimum absolute atomic E-state index is 0.0385. The second-order valence-corrected chi connectivity index (χ2v) is 10.3. The maximum absolute atomic E-state index is 13.6. The van der Waals surface area contributed by atoms with Crippen LogP contribution in [0.5, 0.6) is 0 Å². The van der Waals surface area contributed by atoms with E-state index < -0.39 is 5.92 Å². The fourth-order valence-corrected chi connectivity index (χ4v) is 5.40. The van der Waals surface area contributed by atoms with E-state index in [0.717, 1.165) is 22.4 Å². The molecule has 0 radical (unpaired) electrons. The molecule has 0 fully saturated rings. The number of allylic oxidation sites excluding steroid dienone is 3. The molecule has 0 amide bonds. The van der Waals surface area contributed by atoms with Crippen LogP contribution in [0.4, 0.5) is 5.69 Å². The van der Waals surface area contributed by atoms with Crippen LogP contribution < -0.4 is 10.6 Å². The van der Waals surface area contributed by atoms with Crippen molar-refractivity contribution in [3.05, 3.63) is 85.8 Å². The van der Waals surface area contributed by atoms with E-state index >= 15 is 0 Å². The molecule has 0 bridgehead atoms. The Hall–Kier alpha value is -2.74. The number of anilines is 1. The zero-order valence-corrected chi connectivity index (χ0v) is 20.1. The Labute approximate surface area is 198 Å². The van der Waals surface area contributed by atoms with Crippen LogP contribution in [0.3, 0.4) is 0 Å². The van der Waals surface area contributed by atoms with Gasteiger partial charge >= 0.3 is 0 Å². The summed E-state index contributed by atoms with van der Waals surface area (Å²) in [5, 5.41) is 11.1. The van der Waals surface area contributed by atoms with E-state index in [4.69, 9.17) is 28.9 Å². The number of Topliss-reactive ketones (excluding diaryl/α,β-unsaturated/α-hetero) is 1. The molecule has 2 aromatic rings. The Morgan fingerprint density at radius 2 is 1.84 bits per heavy atom. The molecule has 2 N–H and O–H groups in total. The lowest BCUT2D eigenvalue weighted by Crippen LogP contribution is -2.42. The first-order valence-electron chi connectivity index (χ1n) is 10.5.